The van der Waals surface area contributed by atoms with Crippen molar-refractivity contribution in [3.63, 3.8) is 0 Å². The van der Waals surface area contributed by atoms with Crippen molar-refractivity contribution in [1.82, 2.24) is 10.2 Å². The van der Waals surface area contributed by atoms with Crippen LogP contribution in [0, 0.1) is 0 Å². The molecule has 0 bridgehead atoms. The normalized spacial score (nSPS) is 11.5. The number of aromatic amines is 1. The molecule has 3 rings (SSSR count). The molecule has 0 atom stereocenters. The first-order valence-electron chi connectivity index (χ1n) is 7.37. The maximum absolute atomic E-state index is 12.8. The summed E-state index contributed by atoms with van der Waals surface area (Å²) >= 11 is 0. The number of hydrogen-bond donors (Lipinski definition) is 2. The number of H-pyrrole nitrogens is 1. The van der Waals surface area contributed by atoms with Crippen molar-refractivity contribution in [3.8, 4) is 11.3 Å². The van der Waals surface area contributed by atoms with Gasteiger partial charge in [-0.05, 0) is 35.9 Å². The van der Waals surface area contributed by atoms with Gasteiger partial charge in [0.05, 0.1) is 16.8 Å². The van der Waals surface area contributed by atoms with Gasteiger partial charge in [0, 0.05) is 17.7 Å². The fourth-order valence-corrected chi connectivity index (χ4v) is 2.44. The number of aromatic nitrogens is 2. The maximum Gasteiger partial charge on any atom is 0.416 e. The lowest BCUT2D eigenvalue weighted by atomic mass is 10.1. The number of halogens is 3. The number of alkyl halides is 3. The van der Waals surface area contributed by atoms with Crippen LogP contribution in [-0.4, -0.2) is 21.3 Å². The van der Waals surface area contributed by atoms with Crippen molar-refractivity contribution in [1.29, 1.82) is 0 Å². The van der Waals surface area contributed by atoms with Gasteiger partial charge in [0.15, 0.2) is 0 Å². The van der Waals surface area contributed by atoms with Crippen LogP contribution in [0.15, 0.2) is 54.6 Å². The Morgan fingerprint density at radius 2 is 1.80 bits per heavy atom. The first kappa shape index (κ1) is 16.8. The quantitative estimate of drug-likeness (QED) is 0.736. The lowest BCUT2D eigenvalue weighted by Gasteiger charge is -2.07. The summed E-state index contributed by atoms with van der Waals surface area (Å²) in [5.74, 6) is -1.00. The van der Waals surface area contributed by atoms with Crippen molar-refractivity contribution in [2.45, 2.75) is 12.6 Å². The smallest absolute Gasteiger partial charge is 0.416 e. The second-order valence-electron chi connectivity index (χ2n) is 5.54. The Hall–Kier alpha value is -3.09. The van der Waals surface area contributed by atoms with E-state index in [2.05, 4.69) is 10.2 Å². The maximum atomic E-state index is 12.8. The highest BCUT2D eigenvalue weighted by Gasteiger charge is 2.30. The minimum Gasteiger partial charge on any atom is -0.478 e. The Labute approximate surface area is 140 Å². The molecule has 7 heteroatoms. The molecule has 2 aromatic carbocycles. The predicted octanol–water partition coefficient (Wildman–Crippen LogP) is 4.38. The van der Waals surface area contributed by atoms with E-state index in [4.69, 9.17) is 5.11 Å². The van der Waals surface area contributed by atoms with Crippen molar-refractivity contribution in [3.05, 3.63) is 77.0 Å². The van der Waals surface area contributed by atoms with E-state index in [9.17, 15) is 18.0 Å². The number of hydrogen-bond acceptors (Lipinski definition) is 2. The lowest BCUT2D eigenvalue weighted by Crippen LogP contribution is -2.04. The molecular formula is C18H13F3N2O2. The molecule has 2 N–H and O–H groups in total. The van der Waals surface area contributed by atoms with Crippen molar-refractivity contribution in [2.75, 3.05) is 0 Å². The van der Waals surface area contributed by atoms with Crippen LogP contribution in [0.1, 0.15) is 27.2 Å². The Balaban J connectivity index is 1.80. The molecule has 0 radical (unpaired) electrons. The average Bonchev–Trinajstić information content (AvgIpc) is 3.03. The van der Waals surface area contributed by atoms with Gasteiger partial charge in [-0.1, -0.05) is 24.3 Å². The van der Waals surface area contributed by atoms with E-state index in [-0.39, 0.29) is 5.56 Å². The van der Waals surface area contributed by atoms with Gasteiger partial charge in [-0.3, -0.25) is 5.10 Å². The van der Waals surface area contributed by atoms with Gasteiger partial charge in [0.2, 0.25) is 0 Å². The number of aromatic carboxylic acids is 1. The van der Waals surface area contributed by atoms with E-state index in [0.717, 1.165) is 23.4 Å². The fourth-order valence-electron chi connectivity index (χ4n) is 2.44. The summed E-state index contributed by atoms with van der Waals surface area (Å²) in [4.78, 5) is 10.8. The van der Waals surface area contributed by atoms with Crippen LogP contribution in [0.2, 0.25) is 0 Å². The molecule has 0 spiro atoms. The van der Waals surface area contributed by atoms with Crippen molar-refractivity contribution >= 4 is 5.97 Å². The number of nitrogens with one attached hydrogen (secondary N) is 1. The third-order valence-corrected chi connectivity index (χ3v) is 3.71. The summed E-state index contributed by atoms with van der Waals surface area (Å²) in [5.41, 5.74) is 1.85. The van der Waals surface area contributed by atoms with E-state index >= 15 is 0 Å². The van der Waals surface area contributed by atoms with Gasteiger partial charge in [0.25, 0.3) is 0 Å². The average molecular weight is 346 g/mol. The molecule has 128 valence electrons. The van der Waals surface area contributed by atoms with Gasteiger partial charge >= 0.3 is 12.1 Å². The zero-order valence-electron chi connectivity index (χ0n) is 12.8. The minimum absolute atomic E-state index is 0.193. The van der Waals surface area contributed by atoms with E-state index in [1.165, 1.54) is 18.2 Å². The highest BCUT2D eigenvalue weighted by atomic mass is 19.4. The van der Waals surface area contributed by atoms with Gasteiger partial charge in [-0.2, -0.15) is 18.3 Å². The van der Waals surface area contributed by atoms with Crippen LogP contribution in [0.25, 0.3) is 11.3 Å². The zero-order valence-corrected chi connectivity index (χ0v) is 12.8. The van der Waals surface area contributed by atoms with Crippen molar-refractivity contribution < 1.29 is 23.1 Å². The van der Waals surface area contributed by atoms with Crippen LogP contribution in [0.5, 0.6) is 0 Å². The molecule has 3 aromatic rings. The van der Waals surface area contributed by atoms with E-state index < -0.39 is 17.7 Å². The predicted molar refractivity (Wildman–Crippen MR) is 85.2 cm³/mol. The molecule has 0 aliphatic carbocycles. The summed E-state index contributed by atoms with van der Waals surface area (Å²) in [7, 11) is 0. The topological polar surface area (TPSA) is 66.0 Å². The molecule has 1 aromatic heterocycles. The fraction of sp³-hybridized carbons (Fsp3) is 0.111. The van der Waals surface area contributed by atoms with Crippen molar-refractivity contribution in [2.24, 2.45) is 0 Å². The molecule has 4 nitrogen and oxygen atoms in total. The highest BCUT2D eigenvalue weighted by molar-refractivity contribution is 5.87. The summed E-state index contributed by atoms with van der Waals surface area (Å²) in [5, 5.41) is 15.7. The molecule has 25 heavy (non-hydrogen) atoms. The molecule has 0 aliphatic rings. The molecule has 1 heterocycles. The summed E-state index contributed by atoms with van der Waals surface area (Å²) in [6.45, 7) is 0. The minimum atomic E-state index is -4.40. The van der Waals surface area contributed by atoms with Crippen LogP contribution in [0.3, 0.4) is 0 Å². The third-order valence-electron chi connectivity index (χ3n) is 3.71. The SMILES string of the molecule is O=C(O)c1ccc(Cc2cc(-c3cccc(C(F)(F)F)c3)n[nH]2)cc1. The summed E-state index contributed by atoms with van der Waals surface area (Å²) < 4.78 is 38.4. The first-order chi connectivity index (χ1) is 11.8. The molecular weight excluding hydrogens is 333 g/mol. The molecule has 0 amide bonds. The van der Waals surface area contributed by atoms with E-state index in [0.29, 0.717) is 17.7 Å². The number of nitrogens with zero attached hydrogens (tertiary/aromatic N) is 1. The highest BCUT2D eigenvalue weighted by Crippen LogP contribution is 2.31. The molecule has 0 saturated carbocycles. The number of benzene rings is 2. The number of rotatable bonds is 4. The van der Waals surface area contributed by atoms with Gasteiger partial charge in [-0.15, -0.1) is 0 Å². The Morgan fingerprint density at radius 3 is 2.44 bits per heavy atom. The Kier molecular flexibility index (Phi) is 4.31. The number of carboxylic acids is 1. The van der Waals surface area contributed by atoms with Gasteiger partial charge < -0.3 is 5.11 Å². The molecule has 0 unspecified atom stereocenters. The second-order valence-corrected chi connectivity index (χ2v) is 5.54. The first-order valence-corrected chi connectivity index (χ1v) is 7.37. The van der Waals surface area contributed by atoms with E-state index in [1.807, 2.05) is 0 Å². The molecule has 0 fully saturated rings. The number of carbonyl (C=O) groups is 1. The van der Waals surface area contributed by atoms with Crippen LogP contribution >= 0.6 is 0 Å². The zero-order chi connectivity index (χ0) is 18.0. The van der Waals surface area contributed by atoms with Crippen LogP contribution in [-0.2, 0) is 12.6 Å². The van der Waals surface area contributed by atoms with Gasteiger partial charge in [-0.25, -0.2) is 4.79 Å². The summed E-state index contributed by atoms with van der Waals surface area (Å²) in [6, 6.07) is 13.0. The third kappa shape index (κ3) is 3.88. The Morgan fingerprint density at radius 1 is 1.08 bits per heavy atom. The van der Waals surface area contributed by atoms with E-state index in [1.54, 1.807) is 24.3 Å². The van der Waals surface area contributed by atoms with Crippen LogP contribution < -0.4 is 0 Å². The molecule has 0 aliphatic heterocycles. The second kappa shape index (κ2) is 6.43. The standard InChI is InChI=1S/C18H13F3N2O2/c19-18(20,21)14-3-1-2-13(9-14)16-10-15(22-23-16)8-11-4-6-12(7-5-11)17(24)25/h1-7,9-10H,8H2,(H,22,23)(H,24,25). The monoisotopic (exact) mass is 346 g/mol. The van der Waals surface area contributed by atoms with Crippen LogP contribution in [0.4, 0.5) is 13.2 Å². The lowest BCUT2D eigenvalue weighted by molar-refractivity contribution is -0.137. The summed E-state index contributed by atoms with van der Waals surface area (Å²) in [6.07, 6.45) is -3.94. The molecule has 0 saturated heterocycles. The van der Waals surface area contributed by atoms with Gasteiger partial charge in [0.1, 0.15) is 0 Å². The Bertz CT molecular complexity index is 899. The number of carboxylic acid groups (broad SMARTS) is 1. The largest absolute Gasteiger partial charge is 0.478 e.